The van der Waals surface area contributed by atoms with Gasteiger partial charge in [0.05, 0.1) is 7.11 Å². The molecule has 1 heterocycles. The van der Waals surface area contributed by atoms with Crippen LogP contribution < -0.4 is 4.74 Å². The van der Waals surface area contributed by atoms with Crippen molar-refractivity contribution in [2.45, 2.75) is 0 Å². The first-order valence-electron chi connectivity index (χ1n) is 4.34. The molecule has 0 spiro atoms. The van der Waals surface area contributed by atoms with Gasteiger partial charge in [0.25, 0.3) is 0 Å². The van der Waals surface area contributed by atoms with Crippen LogP contribution in [0.4, 0.5) is 10.8 Å². The number of aromatic nitrogens is 1. The first-order chi connectivity index (χ1) is 7.40. The van der Waals surface area contributed by atoms with E-state index in [0.29, 0.717) is 16.6 Å². The number of azo groups is 1. The van der Waals surface area contributed by atoms with Crippen LogP contribution >= 0.6 is 11.3 Å². The van der Waals surface area contributed by atoms with Crippen molar-refractivity contribution < 1.29 is 4.74 Å². The molecular formula is C10H9N3OS. The van der Waals surface area contributed by atoms with E-state index < -0.39 is 0 Å². The molecule has 0 atom stereocenters. The molecule has 0 aliphatic heterocycles. The number of para-hydroxylation sites is 1. The van der Waals surface area contributed by atoms with Crippen LogP contribution in [0.2, 0.25) is 0 Å². The second kappa shape index (κ2) is 4.65. The maximum absolute atomic E-state index is 5.14. The van der Waals surface area contributed by atoms with Gasteiger partial charge in [0.15, 0.2) is 0 Å². The van der Waals surface area contributed by atoms with E-state index in [1.165, 1.54) is 11.3 Å². The largest absolute Gasteiger partial charge is 0.494 e. The fourth-order valence-electron chi connectivity index (χ4n) is 1.07. The van der Waals surface area contributed by atoms with Gasteiger partial charge in [-0.05, 0) is 12.1 Å². The molecule has 15 heavy (non-hydrogen) atoms. The van der Waals surface area contributed by atoms with Gasteiger partial charge in [-0.2, -0.15) is 0 Å². The maximum Gasteiger partial charge on any atom is 0.229 e. The van der Waals surface area contributed by atoms with Crippen molar-refractivity contribution in [2.75, 3.05) is 7.11 Å². The van der Waals surface area contributed by atoms with Gasteiger partial charge in [-0.3, -0.25) is 0 Å². The number of hydrogen-bond donors (Lipinski definition) is 0. The van der Waals surface area contributed by atoms with Crippen molar-refractivity contribution in [3.63, 3.8) is 0 Å². The highest BCUT2D eigenvalue weighted by Gasteiger charge is 1.99. The second-order valence-corrected chi connectivity index (χ2v) is 3.56. The molecule has 1 aromatic heterocycles. The van der Waals surface area contributed by atoms with E-state index in [-0.39, 0.29) is 0 Å². The van der Waals surface area contributed by atoms with E-state index >= 15 is 0 Å². The minimum atomic E-state index is 0.640. The molecule has 0 saturated carbocycles. The number of nitrogens with zero attached hydrogens (tertiary/aromatic N) is 3. The third-order valence-corrected chi connectivity index (χ3v) is 2.40. The summed E-state index contributed by atoms with van der Waals surface area (Å²) in [6.45, 7) is 0. The Labute approximate surface area is 91.3 Å². The van der Waals surface area contributed by atoms with Crippen LogP contribution in [0.3, 0.4) is 0 Å². The predicted molar refractivity (Wildman–Crippen MR) is 59.3 cm³/mol. The molecule has 0 saturated heterocycles. The average molecular weight is 219 g/mol. The predicted octanol–water partition coefficient (Wildman–Crippen LogP) is 3.57. The summed E-state index contributed by atoms with van der Waals surface area (Å²) < 4.78 is 5.14. The summed E-state index contributed by atoms with van der Waals surface area (Å²) in [5, 5.41) is 10.6. The van der Waals surface area contributed by atoms with E-state index in [2.05, 4.69) is 15.2 Å². The summed E-state index contributed by atoms with van der Waals surface area (Å²) in [5.74, 6) is 0.706. The van der Waals surface area contributed by atoms with Gasteiger partial charge in [-0.1, -0.05) is 12.1 Å². The van der Waals surface area contributed by atoms with Gasteiger partial charge in [-0.15, -0.1) is 21.6 Å². The molecule has 0 amide bonds. The summed E-state index contributed by atoms with van der Waals surface area (Å²) in [6, 6.07) is 7.46. The number of hydrogen-bond acceptors (Lipinski definition) is 5. The van der Waals surface area contributed by atoms with Crippen molar-refractivity contribution in [1.82, 2.24) is 4.98 Å². The van der Waals surface area contributed by atoms with Crippen LogP contribution in [0, 0.1) is 0 Å². The fraction of sp³-hybridized carbons (Fsp3) is 0.100. The quantitative estimate of drug-likeness (QED) is 0.741. The number of methoxy groups -OCH3 is 1. The average Bonchev–Trinajstić information content (AvgIpc) is 2.79. The topological polar surface area (TPSA) is 46.8 Å². The van der Waals surface area contributed by atoms with Crippen LogP contribution in [0.5, 0.6) is 5.75 Å². The van der Waals surface area contributed by atoms with Crippen LogP contribution in [0.1, 0.15) is 0 Å². The zero-order valence-electron chi connectivity index (χ0n) is 8.12. The lowest BCUT2D eigenvalue weighted by Crippen LogP contribution is -1.81. The number of thiazole rings is 1. The Bertz CT molecular complexity index is 453. The Hall–Kier alpha value is -1.75. The molecule has 4 nitrogen and oxygen atoms in total. The normalized spacial score (nSPS) is 10.7. The highest BCUT2D eigenvalue weighted by atomic mass is 32.1. The zero-order valence-corrected chi connectivity index (χ0v) is 8.94. The fourth-order valence-corrected chi connectivity index (χ4v) is 1.53. The Morgan fingerprint density at radius 1 is 1.27 bits per heavy atom. The molecule has 0 unspecified atom stereocenters. The zero-order chi connectivity index (χ0) is 10.5. The van der Waals surface area contributed by atoms with Crippen molar-refractivity contribution in [1.29, 1.82) is 0 Å². The van der Waals surface area contributed by atoms with Crippen LogP contribution in [-0.2, 0) is 0 Å². The lowest BCUT2D eigenvalue weighted by atomic mass is 10.3. The van der Waals surface area contributed by atoms with E-state index in [9.17, 15) is 0 Å². The molecule has 0 fully saturated rings. The highest BCUT2D eigenvalue weighted by molar-refractivity contribution is 7.13. The van der Waals surface area contributed by atoms with Gasteiger partial charge in [0, 0.05) is 11.6 Å². The van der Waals surface area contributed by atoms with Gasteiger partial charge in [-0.25, -0.2) is 4.98 Å². The molecule has 0 aliphatic carbocycles. The Morgan fingerprint density at radius 2 is 2.13 bits per heavy atom. The molecule has 0 radical (unpaired) electrons. The maximum atomic E-state index is 5.14. The van der Waals surface area contributed by atoms with Crippen molar-refractivity contribution in [3.8, 4) is 5.75 Å². The molecule has 0 bridgehead atoms. The molecule has 76 valence electrons. The van der Waals surface area contributed by atoms with Gasteiger partial charge in [0.1, 0.15) is 11.4 Å². The lowest BCUT2D eigenvalue weighted by Gasteiger charge is -2.00. The van der Waals surface area contributed by atoms with Gasteiger partial charge >= 0.3 is 0 Å². The number of benzene rings is 1. The minimum absolute atomic E-state index is 0.640. The molecule has 0 aliphatic rings. The van der Waals surface area contributed by atoms with Crippen LogP contribution in [0.25, 0.3) is 0 Å². The van der Waals surface area contributed by atoms with Gasteiger partial charge in [0.2, 0.25) is 5.13 Å². The number of ether oxygens (including phenoxy) is 1. The summed E-state index contributed by atoms with van der Waals surface area (Å²) in [5.41, 5.74) is 0.704. The van der Waals surface area contributed by atoms with Crippen LogP contribution in [-0.4, -0.2) is 12.1 Å². The summed E-state index contributed by atoms with van der Waals surface area (Å²) in [6.07, 6.45) is 1.70. The van der Waals surface area contributed by atoms with Gasteiger partial charge < -0.3 is 4.74 Å². The Kier molecular flexibility index (Phi) is 3.04. The third kappa shape index (κ3) is 2.38. The van der Waals surface area contributed by atoms with E-state index in [1.54, 1.807) is 13.3 Å². The highest BCUT2D eigenvalue weighted by Crippen LogP contribution is 2.28. The summed E-state index contributed by atoms with van der Waals surface area (Å²) in [7, 11) is 1.61. The Balaban J connectivity index is 2.24. The molecule has 2 rings (SSSR count). The first kappa shape index (κ1) is 9.79. The summed E-state index contributed by atoms with van der Waals surface area (Å²) >= 11 is 1.44. The second-order valence-electron chi connectivity index (χ2n) is 2.69. The van der Waals surface area contributed by atoms with E-state index in [4.69, 9.17) is 4.74 Å². The minimum Gasteiger partial charge on any atom is -0.494 e. The lowest BCUT2D eigenvalue weighted by molar-refractivity contribution is 0.416. The van der Waals surface area contributed by atoms with Crippen LogP contribution in [0.15, 0.2) is 46.1 Å². The SMILES string of the molecule is COc1ccccc1N=Nc1nccs1. The summed E-state index contributed by atoms with van der Waals surface area (Å²) in [4.78, 5) is 4.00. The van der Waals surface area contributed by atoms with E-state index in [0.717, 1.165) is 0 Å². The standard InChI is InChI=1S/C10H9N3OS/c1-14-9-5-3-2-4-8(9)12-13-10-11-6-7-15-10/h2-7H,1H3. The van der Waals surface area contributed by atoms with E-state index in [1.807, 2.05) is 29.6 Å². The molecule has 5 heteroatoms. The van der Waals surface area contributed by atoms with Crippen molar-refractivity contribution >= 4 is 22.2 Å². The molecule has 2 aromatic rings. The third-order valence-electron chi connectivity index (χ3n) is 1.75. The molecular weight excluding hydrogens is 210 g/mol. The monoisotopic (exact) mass is 219 g/mol. The van der Waals surface area contributed by atoms with Crippen molar-refractivity contribution in [3.05, 3.63) is 35.8 Å². The first-order valence-corrected chi connectivity index (χ1v) is 5.22. The Morgan fingerprint density at radius 3 is 2.87 bits per heavy atom. The smallest absolute Gasteiger partial charge is 0.229 e. The van der Waals surface area contributed by atoms with Crippen molar-refractivity contribution in [2.24, 2.45) is 10.2 Å². The molecule has 1 aromatic carbocycles. The molecule has 0 N–H and O–H groups in total. The number of rotatable bonds is 3.